The monoisotopic (exact) mass is 313 g/mol. The molecular weight excluding hydrogens is 290 g/mol. The lowest BCUT2D eigenvalue weighted by atomic mass is 9.97. The summed E-state index contributed by atoms with van der Waals surface area (Å²) in [6.45, 7) is 8.80. The number of sulfonamides is 1. The molecular formula is C15H23NO4S. The summed E-state index contributed by atoms with van der Waals surface area (Å²) < 4.78 is 27.3. The van der Waals surface area contributed by atoms with Crippen molar-refractivity contribution in [2.75, 3.05) is 6.54 Å². The van der Waals surface area contributed by atoms with Crippen LogP contribution >= 0.6 is 0 Å². The number of benzene rings is 1. The average Bonchev–Trinajstić information content (AvgIpc) is 2.25. The van der Waals surface area contributed by atoms with E-state index in [9.17, 15) is 13.2 Å². The predicted octanol–water partition coefficient (Wildman–Crippen LogP) is 2.25. The molecule has 1 aromatic rings. The van der Waals surface area contributed by atoms with Crippen molar-refractivity contribution in [3.63, 3.8) is 0 Å². The molecule has 5 nitrogen and oxygen atoms in total. The van der Waals surface area contributed by atoms with Gasteiger partial charge in [-0.2, -0.15) is 0 Å². The Morgan fingerprint density at radius 2 is 1.67 bits per heavy atom. The van der Waals surface area contributed by atoms with Crippen molar-refractivity contribution in [3.05, 3.63) is 28.8 Å². The van der Waals surface area contributed by atoms with Gasteiger partial charge in [0.15, 0.2) is 0 Å². The number of carboxylic acids is 1. The van der Waals surface area contributed by atoms with Gasteiger partial charge in [-0.05, 0) is 37.8 Å². The fraction of sp³-hybridized carbons (Fsp3) is 0.533. The molecule has 21 heavy (non-hydrogen) atoms. The van der Waals surface area contributed by atoms with Crippen molar-refractivity contribution in [2.45, 2.75) is 39.5 Å². The first-order chi connectivity index (χ1) is 9.56. The van der Waals surface area contributed by atoms with Crippen molar-refractivity contribution < 1.29 is 18.3 Å². The van der Waals surface area contributed by atoms with E-state index >= 15 is 0 Å². The molecule has 0 bridgehead atoms. The van der Waals surface area contributed by atoms with Crippen LogP contribution in [0.4, 0.5) is 0 Å². The topological polar surface area (TPSA) is 83.5 Å². The maximum Gasteiger partial charge on any atom is 0.308 e. The molecule has 2 N–H and O–H groups in total. The van der Waals surface area contributed by atoms with Crippen LogP contribution < -0.4 is 4.72 Å². The predicted molar refractivity (Wildman–Crippen MR) is 81.8 cm³/mol. The summed E-state index contributed by atoms with van der Waals surface area (Å²) in [4.78, 5) is 11.4. The second kappa shape index (κ2) is 6.58. The molecule has 0 saturated carbocycles. The summed E-state index contributed by atoms with van der Waals surface area (Å²) >= 11 is 0. The molecule has 118 valence electrons. The minimum absolute atomic E-state index is 0.109. The van der Waals surface area contributed by atoms with Crippen LogP contribution in [0, 0.1) is 32.6 Å². The van der Waals surface area contributed by atoms with Crippen LogP contribution in [0.15, 0.2) is 17.0 Å². The Morgan fingerprint density at radius 3 is 2.05 bits per heavy atom. The van der Waals surface area contributed by atoms with Crippen LogP contribution in [0.5, 0.6) is 0 Å². The lowest BCUT2D eigenvalue weighted by Gasteiger charge is -2.18. The number of hydrogen-bond donors (Lipinski definition) is 2. The van der Waals surface area contributed by atoms with E-state index in [0.29, 0.717) is 11.1 Å². The standard InChI is InChI=1S/C15H23NO4S/c1-9(2)13(15(17)18)8-16-21(19,20)14-11(4)6-10(3)7-12(14)5/h6-7,9,13,16H,8H2,1-5H3,(H,17,18). The van der Waals surface area contributed by atoms with Gasteiger partial charge in [-0.1, -0.05) is 31.5 Å². The van der Waals surface area contributed by atoms with Gasteiger partial charge in [0.25, 0.3) is 0 Å². The second-order valence-electron chi connectivity index (χ2n) is 5.77. The smallest absolute Gasteiger partial charge is 0.308 e. The van der Waals surface area contributed by atoms with E-state index in [0.717, 1.165) is 5.56 Å². The number of aliphatic carboxylic acids is 1. The number of rotatable bonds is 6. The van der Waals surface area contributed by atoms with Crippen molar-refractivity contribution in [1.29, 1.82) is 0 Å². The maximum absolute atomic E-state index is 12.4. The van der Waals surface area contributed by atoms with Gasteiger partial charge in [0.05, 0.1) is 10.8 Å². The zero-order valence-corrected chi connectivity index (χ0v) is 13.9. The maximum atomic E-state index is 12.4. The molecule has 0 spiro atoms. The highest BCUT2D eigenvalue weighted by Gasteiger charge is 2.26. The van der Waals surface area contributed by atoms with Gasteiger partial charge in [0.1, 0.15) is 0 Å². The van der Waals surface area contributed by atoms with Crippen molar-refractivity contribution >= 4 is 16.0 Å². The highest BCUT2D eigenvalue weighted by atomic mass is 32.2. The van der Waals surface area contributed by atoms with E-state index in [2.05, 4.69) is 4.72 Å². The summed E-state index contributed by atoms with van der Waals surface area (Å²) in [5.74, 6) is -1.89. The third-order valence-corrected chi connectivity index (χ3v) is 5.22. The molecule has 0 aliphatic rings. The van der Waals surface area contributed by atoms with Crippen molar-refractivity contribution in [1.82, 2.24) is 4.72 Å². The number of nitrogens with one attached hydrogen (secondary N) is 1. The van der Waals surface area contributed by atoms with Gasteiger partial charge in [-0.15, -0.1) is 0 Å². The van der Waals surface area contributed by atoms with Crippen LogP contribution in [0.25, 0.3) is 0 Å². The Bertz CT molecular complexity index is 612. The first kappa shape index (κ1) is 17.7. The minimum Gasteiger partial charge on any atom is -0.481 e. The van der Waals surface area contributed by atoms with Gasteiger partial charge in [0, 0.05) is 6.54 Å². The highest BCUT2D eigenvalue weighted by molar-refractivity contribution is 7.89. The molecule has 0 fully saturated rings. The molecule has 0 saturated heterocycles. The van der Waals surface area contributed by atoms with E-state index in [1.54, 1.807) is 39.8 Å². The largest absolute Gasteiger partial charge is 0.481 e. The number of aryl methyl sites for hydroxylation is 3. The molecule has 1 rings (SSSR count). The fourth-order valence-electron chi connectivity index (χ4n) is 2.47. The molecule has 0 aliphatic heterocycles. The molecule has 6 heteroatoms. The summed E-state index contributed by atoms with van der Waals surface area (Å²) in [5, 5.41) is 9.12. The Morgan fingerprint density at radius 1 is 1.19 bits per heavy atom. The normalized spacial score (nSPS) is 13.4. The molecule has 0 aliphatic carbocycles. The zero-order chi connectivity index (χ0) is 16.4. The van der Waals surface area contributed by atoms with Crippen LogP contribution in [-0.4, -0.2) is 26.0 Å². The summed E-state index contributed by atoms with van der Waals surface area (Å²) in [5.41, 5.74) is 2.32. The number of carboxylic acid groups (broad SMARTS) is 1. The molecule has 0 amide bonds. The van der Waals surface area contributed by atoms with Crippen molar-refractivity contribution in [2.24, 2.45) is 11.8 Å². The lowest BCUT2D eigenvalue weighted by Crippen LogP contribution is -2.36. The Hall–Kier alpha value is -1.40. The van der Waals surface area contributed by atoms with E-state index in [-0.39, 0.29) is 17.4 Å². The summed E-state index contributed by atoms with van der Waals surface area (Å²) in [6.07, 6.45) is 0. The van der Waals surface area contributed by atoms with Gasteiger partial charge >= 0.3 is 5.97 Å². The molecule has 0 radical (unpaired) electrons. The van der Waals surface area contributed by atoms with E-state index in [1.165, 1.54) is 0 Å². The van der Waals surface area contributed by atoms with Gasteiger partial charge in [-0.3, -0.25) is 4.79 Å². The van der Waals surface area contributed by atoms with E-state index in [4.69, 9.17) is 5.11 Å². The van der Waals surface area contributed by atoms with E-state index < -0.39 is 21.9 Å². The van der Waals surface area contributed by atoms with Crippen LogP contribution in [-0.2, 0) is 14.8 Å². The third kappa shape index (κ3) is 4.28. The van der Waals surface area contributed by atoms with E-state index in [1.807, 2.05) is 6.92 Å². The number of carbonyl (C=O) groups is 1. The number of hydrogen-bond acceptors (Lipinski definition) is 3. The average molecular weight is 313 g/mol. The Balaban J connectivity index is 3.06. The first-order valence-corrected chi connectivity index (χ1v) is 8.35. The molecule has 1 atom stereocenters. The van der Waals surface area contributed by atoms with Crippen LogP contribution in [0.1, 0.15) is 30.5 Å². The molecule has 0 heterocycles. The molecule has 0 aromatic heterocycles. The second-order valence-corrected chi connectivity index (χ2v) is 7.47. The fourth-order valence-corrected chi connectivity index (χ4v) is 3.98. The lowest BCUT2D eigenvalue weighted by molar-refractivity contribution is -0.142. The Kier molecular flexibility index (Phi) is 5.53. The molecule has 1 aromatic carbocycles. The zero-order valence-electron chi connectivity index (χ0n) is 13.1. The van der Waals surface area contributed by atoms with Crippen LogP contribution in [0.3, 0.4) is 0 Å². The third-order valence-electron chi connectivity index (χ3n) is 3.49. The molecule has 1 unspecified atom stereocenters. The first-order valence-electron chi connectivity index (χ1n) is 6.86. The Labute approximate surface area is 126 Å². The van der Waals surface area contributed by atoms with Crippen molar-refractivity contribution in [3.8, 4) is 0 Å². The summed E-state index contributed by atoms with van der Waals surface area (Å²) in [6, 6.07) is 3.61. The van der Waals surface area contributed by atoms with Gasteiger partial charge in [0.2, 0.25) is 10.0 Å². The quantitative estimate of drug-likeness (QED) is 0.843. The highest BCUT2D eigenvalue weighted by Crippen LogP contribution is 2.22. The van der Waals surface area contributed by atoms with Crippen LogP contribution in [0.2, 0.25) is 0 Å². The summed E-state index contributed by atoms with van der Waals surface area (Å²) in [7, 11) is -3.71. The minimum atomic E-state index is -3.71. The van der Waals surface area contributed by atoms with Gasteiger partial charge in [-0.25, -0.2) is 13.1 Å². The van der Waals surface area contributed by atoms with Gasteiger partial charge < -0.3 is 5.11 Å². The SMILES string of the molecule is Cc1cc(C)c(S(=O)(=O)NCC(C(=O)O)C(C)C)c(C)c1.